The molecule has 0 radical (unpaired) electrons. The third-order valence-electron chi connectivity index (χ3n) is 2.86. The van der Waals surface area contributed by atoms with Crippen molar-refractivity contribution >= 4 is 11.6 Å². The normalized spacial score (nSPS) is 37.5. The van der Waals surface area contributed by atoms with Gasteiger partial charge >= 0.3 is 0 Å². The predicted octanol–water partition coefficient (Wildman–Crippen LogP) is 1.33. The highest BCUT2D eigenvalue weighted by molar-refractivity contribution is 5.96. The van der Waals surface area contributed by atoms with E-state index in [0.29, 0.717) is 24.4 Å². The Bertz CT molecular complexity index is 190. The van der Waals surface area contributed by atoms with Gasteiger partial charge < -0.3 is 0 Å². The van der Waals surface area contributed by atoms with Gasteiger partial charge in [0, 0.05) is 24.7 Å². The van der Waals surface area contributed by atoms with Crippen LogP contribution in [0.3, 0.4) is 0 Å². The highest BCUT2D eigenvalue weighted by Crippen LogP contribution is 2.34. The van der Waals surface area contributed by atoms with E-state index >= 15 is 0 Å². The fourth-order valence-electron chi connectivity index (χ4n) is 2.27. The van der Waals surface area contributed by atoms with E-state index in [1.165, 1.54) is 0 Å². The second-order valence-electron chi connectivity index (χ2n) is 3.67. The summed E-state index contributed by atoms with van der Waals surface area (Å²) in [4.78, 5) is 22.5. The first-order valence-corrected chi connectivity index (χ1v) is 4.33. The molecule has 2 nitrogen and oxygen atoms in total. The zero-order valence-corrected chi connectivity index (χ0v) is 6.51. The summed E-state index contributed by atoms with van der Waals surface area (Å²) in [5.41, 5.74) is 0. The summed E-state index contributed by atoms with van der Waals surface area (Å²) < 4.78 is 0. The molecular weight excluding hydrogens is 140 g/mol. The number of rotatable bonds is 0. The maximum Gasteiger partial charge on any atom is 0.139 e. The molecule has 2 heteroatoms. The summed E-state index contributed by atoms with van der Waals surface area (Å²) in [5, 5.41) is 0. The van der Waals surface area contributed by atoms with Gasteiger partial charge in [0.25, 0.3) is 0 Å². The summed E-state index contributed by atoms with van der Waals surface area (Å²) in [5.74, 6) is 0.889. The molecule has 2 bridgehead atoms. The Kier molecular flexibility index (Phi) is 1.55. The number of hydrogen-bond acceptors (Lipinski definition) is 2. The van der Waals surface area contributed by atoms with Crippen molar-refractivity contribution in [2.45, 2.75) is 32.1 Å². The number of Topliss-reactive ketones (excluding diaryl/α,β-unsaturated/α-hetero) is 2. The molecule has 2 aliphatic rings. The molecule has 11 heavy (non-hydrogen) atoms. The summed E-state index contributed by atoms with van der Waals surface area (Å²) in [7, 11) is 0. The molecule has 0 aromatic heterocycles. The highest BCUT2D eigenvalue weighted by Gasteiger charge is 2.37. The largest absolute Gasteiger partial charge is 0.300 e. The first-order valence-electron chi connectivity index (χ1n) is 4.33. The minimum atomic E-state index is 0.106. The van der Waals surface area contributed by atoms with Crippen molar-refractivity contribution in [3.8, 4) is 0 Å². The highest BCUT2D eigenvalue weighted by atomic mass is 16.1. The van der Waals surface area contributed by atoms with Crippen LogP contribution in [0.4, 0.5) is 0 Å². The monoisotopic (exact) mass is 152 g/mol. The zero-order valence-electron chi connectivity index (χ0n) is 6.51. The van der Waals surface area contributed by atoms with Gasteiger partial charge in [-0.1, -0.05) is 6.42 Å². The third-order valence-corrected chi connectivity index (χ3v) is 2.86. The number of fused-ring (bicyclic) bond motifs is 2. The predicted molar refractivity (Wildman–Crippen MR) is 40.1 cm³/mol. The van der Waals surface area contributed by atoms with Crippen LogP contribution >= 0.6 is 0 Å². The summed E-state index contributed by atoms with van der Waals surface area (Å²) in [6.45, 7) is 0. The number of ketones is 2. The first-order chi connectivity index (χ1) is 5.27. The number of carbonyl (C=O) groups excluding carboxylic acids is 2. The maximum atomic E-state index is 11.4. The molecular formula is C9H12O2. The van der Waals surface area contributed by atoms with Gasteiger partial charge in [0.05, 0.1) is 0 Å². The molecule has 0 unspecified atom stereocenters. The summed E-state index contributed by atoms with van der Waals surface area (Å²) in [6.07, 6.45) is 4.14. The van der Waals surface area contributed by atoms with E-state index in [2.05, 4.69) is 0 Å². The van der Waals surface area contributed by atoms with Gasteiger partial charge in [-0.3, -0.25) is 9.59 Å². The van der Waals surface area contributed by atoms with Gasteiger partial charge in [-0.25, -0.2) is 0 Å². The van der Waals surface area contributed by atoms with Crippen molar-refractivity contribution in [2.24, 2.45) is 11.8 Å². The minimum Gasteiger partial charge on any atom is -0.300 e. The summed E-state index contributed by atoms with van der Waals surface area (Å²) in [6, 6.07) is 0. The van der Waals surface area contributed by atoms with Gasteiger partial charge in [-0.15, -0.1) is 0 Å². The zero-order chi connectivity index (χ0) is 7.84. The van der Waals surface area contributed by atoms with Crippen LogP contribution in [0.5, 0.6) is 0 Å². The minimum absolute atomic E-state index is 0.106. The van der Waals surface area contributed by atoms with Crippen molar-refractivity contribution in [2.75, 3.05) is 0 Å². The van der Waals surface area contributed by atoms with Crippen LogP contribution in [0.2, 0.25) is 0 Å². The fourth-order valence-corrected chi connectivity index (χ4v) is 2.27. The quantitative estimate of drug-likeness (QED) is 0.524. The van der Waals surface area contributed by atoms with E-state index in [4.69, 9.17) is 0 Å². The average Bonchev–Trinajstić information content (AvgIpc) is 1.92. The van der Waals surface area contributed by atoms with E-state index in [0.717, 1.165) is 19.3 Å². The summed E-state index contributed by atoms with van der Waals surface area (Å²) >= 11 is 0. The SMILES string of the molecule is O=C1C[C@H]2CCC[C@@H](C1)C2=O. The lowest BCUT2D eigenvalue weighted by Gasteiger charge is -2.31. The van der Waals surface area contributed by atoms with Crippen LogP contribution in [0.15, 0.2) is 0 Å². The van der Waals surface area contributed by atoms with Crippen LogP contribution in [-0.2, 0) is 9.59 Å². The van der Waals surface area contributed by atoms with Crippen molar-refractivity contribution in [1.82, 2.24) is 0 Å². The van der Waals surface area contributed by atoms with Crippen LogP contribution in [0.1, 0.15) is 32.1 Å². The molecule has 0 N–H and O–H groups in total. The molecule has 2 aliphatic carbocycles. The lowest BCUT2D eigenvalue weighted by atomic mass is 9.71. The standard InChI is InChI=1S/C9H12O2/c10-8-4-6-2-1-3-7(5-8)9(6)11/h6-7H,1-5H2/t6-,7+. The third kappa shape index (κ3) is 1.10. The van der Waals surface area contributed by atoms with Gasteiger partial charge in [0.1, 0.15) is 11.6 Å². The van der Waals surface area contributed by atoms with Crippen molar-refractivity contribution < 1.29 is 9.59 Å². The molecule has 2 fully saturated rings. The average molecular weight is 152 g/mol. The Balaban J connectivity index is 2.19. The molecule has 0 aromatic carbocycles. The molecule has 0 saturated heterocycles. The molecule has 0 aliphatic heterocycles. The number of carbonyl (C=O) groups is 2. The molecule has 0 amide bonds. The van der Waals surface area contributed by atoms with Crippen LogP contribution < -0.4 is 0 Å². The molecule has 0 spiro atoms. The molecule has 2 atom stereocenters. The van der Waals surface area contributed by atoms with Crippen LogP contribution in [0.25, 0.3) is 0 Å². The van der Waals surface area contributed by atoms with E-state index in [1.54, 1.807) is 0 Å². The lowest BCUT2D eigenvalue weighted by molar-refractivity contribution is -0.139. The van der Waals surface area contributed by atoms with Gasteiger partial charge in [0.2, 0.25) is 0 Å². The van der Waals surface area contributed by atoms with Gasteiger partial charge in [-0.2, -0.15) is 0 Å². The van der Waals surface area contributed by atoms with Gasteiger partial charge in [0.15, 0.2) is 0 Å². The Morgan fingerprint density at radius 3 is 2.09 bits per heavy atom. The second kappa shape index (κ2) is 2.43. The smallest absolute Gasteiger partial charge is 0.139 e. The van der Waals surface area contributed by atoms with Gasteiger partial charge in [-0.05, 0) is 12.8 Å². The van der Waals surface area contributed by atoms with Crippen molar-refractivity contribution in [3.63, 3.8) is 0 Å². The van der Waals surface area contributed by atoms with E-state index in [-0.39, 0.29) is 11.8 Å². The van der Waals surface area contributed by atoms with Crippen molar-refractivity contribution in [1.29, 1.82) is 0 Å². The molecule has 60 valence electrons. The van der Waals surface area contributed by atoms with Crippen molar-refractivity contribution in [3.05, 3.63) is 0 Å². The first kappa shape index (κ1) is 7.01. The van der Waals surface area contributed by atoms with E-state index in [1.807, 2.05) is 0 Å². The molecule has 0 aromatic rings. The Morgan fingerprint density at radius 2 is 1.55 bits per heavy atom. The Morgan fingerprint density at radius 1 is 1.00 bits per heavy atom. The second-order valence-corrected chi connectivity index (χ2v) is 3.67. The Labute approximate surface area is 66.0 Å². The topological polar surface area (TPSA) is 34.1 Å². The molecule has 2 saturated carbocycles. The Hall–Kier alpha value is -0.660. The fraction of sp³-hybridized carbons (Fsp3) is 0.778. The molecule has 2 rings (SSSR count). The van der Waals surface area contributed by atoms with Crippen LogP contribution in [-0.4, -0.2) is 11.6 Å². The molecule has 0 heterocycles. The lowest BCUT2D eigenvalue weighted by Crippen LogP contribution is -2.36. The van der Waals surface area contributed by atoms with E-state index in [9.17, 15) is 9.59 Å². The maximum absolute atomic E-state index is 11.4. The van der Waals surface area contributed by atoms with Crippen LogP contribution in [0, 0.1) is 11.8 Å². The number of hydrogen-bond donors (Lipinski definition) is 0. The van der Waals surface area contributed by atoms with E-state index < -0.39 is 0 Å².